The van der Waals surface area contributed by atoms with Gasteiger partial charge in [-0.05, 0) is 58.4 Å². The smallest absolute Gasteiger partial charge is 0.257 e. The second kappa shape index (κ2) is 5.94. The van der Waals surface area contributed by atoms with Gasteiger partial charge in [-0.2, -0.15) is 0 Å². The third-order valence-electron chi connectivity index (χ3n) is 3.68. The van der Waals surface area contributed by atoms with Gasteiger partial charge in [0.05, 0.1) is 5.56 Å². The lowest BCUT2D eigenvalue weighted by atomic mass is 10.2. The number of carbonyl (C=O) groups excluding carboxylic acids is 1. The van der Waals surface area contributed by atoms with E-state index < -0.39 is 0 Å². The molecule has 0 fully saturated rings. The van der Waals surface area contributed by atoms with Gasteiger partial charge in [0.1, 0.15) is 0 Å². The lowest BCUT2D eigenvalue weighted by Gasteiger charge is -2.13. The Morgan fingerprint density at radius 2 is 1.86 bits per heavy atom. The number of halogens is 1. The molecule has 4 heteroatoms. The van der Waals surface area contributed by atoms with E-state index in [1.807, 2.05) is 39.0 Å². The number of aromatic nitrogens is 1. The van der Waals surface area contributed by atoms with Crippen molar-refractivity contribution in [2.24, 2.45) is 0 Å². The Kier molecular flexibility index (Phi) is 4.43. The fourth-order valence-corrected chi connectivity index (χ4v) is 2.85. The fraction of sp³-hybridized carbons (Fsp3) is 0.353. The van der Waals surface area contributed by atoms with E-state index in [0.29, 0.717) is 22.3 Å². The summed E-state index contributed by atoms with van der Waals surface area (Å²) in [6.45, 7) is 10.2. The second-order valence-electron chi connectivity index (χ2n) is 5.67. The van der Waals surface area contributed by atoms with Gasteiger partial charge in [-0.3, -0.25) is 4.79 Å². The molecular formula is C17H21ClN2O. The molecule has 0 aliphatic carbocycles. The van der Waals surface area contributed by atoms with Crippen LogP contribution in [0.3, 0.4) is 0 Å². The van der Waals surface area contributed by atoms with Crippen LogP contribution < -0.4 is 5.32 Å². The van der Waals surface area contributed by atoms with Crippen molar-refractivity contribution in [2.75, 3.05) is 5.32 Å². The maximum Gasteiger partial charge on any atom is 0.257 e. The van der Waals surface area contributed by atoms with Crippen molar-refractivity contribution < 1.29 is 4.79 Å². The number of amides is 1. The zero-order valence-corrected chi connectivity index (χ0v) is 13.9. The van der Waals surface area contributed by atoms with Crippen LogP contribution in [0.5, 0.6) is 0 Å². The minimum atomic E-state index is -0.102. The molecule has 2 rings (SSSR count). The van der Waals surface area contributed by atoms with E-state index in [-0.39, 0.29) is 5.91 Å². The predicted molar refractivity (Wildman–Crippen MR) is 88.4 cm³/mol. The average Bonchev–Trinajstić information content (AvgIpc) is 2.69. The molecule has 0 unspecified atom stereocenters. The predicted octanol–water partition coefficient (Wildman–Crippen LogP) is 4.90. The van der Waals surface area contributed by atoms with Gasteiger partial charge in [0.15, 0.2) is 0 Å². The second-order valence-corrected chi connectivity index (χ2v) is 6.07. The van der Waals surface area contributed by atoms with Crippen LogP contribution in [0.15, 0.2) is 24.3 Å². The number of anilines is 1. The maximum absolute atomic E-state index is 12.5. The maximum atomic E-state index is 12.5. The summed E-state index contributed by atoms with van der Waals surface area (Å²) in [5.41, 5.74) is 4.49. The highest BCUT2D eigenvalue weighted by atomic mass is 35.5. The molecule has 112 valence electrons. The Hall–Kier alpha value is -1.74. The number of carbonyl (C=O) groups is 1. The lowest BCUT2D eigenvalue weighted by molar-refractivity contribution is 0.102. The molecule has 1 aromatic heterocycles. The Labute approximate surface area is 130 Å². The molecule has 0 aliphatic rings. The summed E-state index contributed by atoms with van der Waals surface area (Å²) in [6.07, 6.45) is 0. The summed E-state index contributed by atoms with van der Waals surface area (Å²) in [5.74, 6) is -0.102. The molecule has 0 saturated carbocycles. The summed E-state index contributed by atoms with van der Waals surface area (Å²) < 4.78 is 2.16. The third kappa shape index (κ3) is 3.13. The van der Waals surface area contributed by atoms with Crippen LogP contribution in [0, 0.1) is 20.8 Å². The first kappa shape index (κ1) is 15.6. The molecule has 0 aliphatic heterocycles. The van der Waals surface area contributed by atoms with E-state index in [9.17, 15) is 4.79 Å². The number of nitrogens with zero attached hydrogens (tertiary/aromatic N) is 1. The first-order valence-electron chi connectivity index (χ1n) is 7.07. The molecule has 21 heavy (non-hydrogen) atoms. The number of nitrogens with one attached hydrogen (secondary N) is 1. The molecule has 2 aromatic rings. The van der Waals surface area contributed by atoms with Crippen molar-refractivity contribution in [3.8, 4) is 0 Å². The quantitative estimate of drug-likeness (QED) is 0.859. The van der Waals surface area contributed by atoms with Gasteiger partial charge in [0.25, 0.3) is 5.91 Å². The van der Waals surface area contributed by atoms with Crippen LogP contribution in [0.1, 0.15) is 47.2 Å². The molecule has 1 aromatic carbocycles. The summed E-state index contributed by atoms with van der Waals surface area (Å²) >= 11 is 6.09. The van der Waals surface area contributed by atoms with Crippen molar-refractivity contribution >= 4 is 23.2 Å². The molecule has 1 amide bonds. The van der Waals surface area contributed by atoms with E-state index in [4.69, 9.17) is 11.6 Å². The lowest BCUT2D eigenvalue weighted by Crippen LogP contribution is -2.14. The molecule has 0 bridgehead atoms. The molecule has 0 saturated heterocycles. The first-order valence-corrected chi connectivity index (χ1v) is 7.45. The number of hydrogen-bond donors (Lipinski definition) is 1. The summed E-state index contributed by atoms with van der Waals surface area (Å²) in [4.78, 5) is 12.5. The number of hydrogen-bond acceptors (Lipinski definition) is 1. The third-order valence-corrected chi connectivity index (χ3v) is 4.08. The van der Waals surface area contributed by atoms with Crippen LogP contribution in [0.25, 0.3) is 0 Å². The van der Waals surface area contributed by atoms with Crippen molar-refractivity contribution in [1.82, 2.24) is 4.57 Å². The van der Waals surface area contributed by atoms with Crippen LogP contribution in [-0.4, -0.2) is 10.5 Å². The van der Waals surface area contributed by atoms with Crippen LogP contribution in [0.4, 0.5) is 5.69 Å². The molecule has 1 N–H and O–H groups in total. The summed E-state index contributed by atoms with van der Waals surface area (Å²) in [7, 11) is 0. The van der Waals surface area contributed by atoms with Crippen LogP contribution >= 0.6 is 11.6 Å². The van der Waals surface area contributed by atoms with Crippen molar-refractivity contribution in [2.45, 2.75) is 40.7 Å². The highest BCUT2D eigenvalue weighted by molar-refractivity contribution is 6.31. The minimum absolute atomic E-state index is 0.102. The molecule has 3 nitrogen and oxygen atoms in total. The van der Waals surface area contributed by atoms with Gasteiger partial charge < -0.3 is 9.88 Å². The number of rotatable bonds is 3. The fourth-order valence-electron chi connectivity index (χ4n) is 2.67. The van der Waals surface area contributed by atoms with E-state index in [0.717, 1.165) is 17.0 Å². The van der Waals surface area contributed by atoms with Gasteiger partial charge in [-0.1, -0.05) is 17.7 Å². The van der Waals surface area contributed by atoms with Crippen LogP contribution in [-0.2, 0) is 0 Å². The zero-order chi connectivity index (χ0) is 15.7. The summed E-state index contributed by atoms with van der Waals surface area (Å²) in [6, 6.07) is 7.80. The largest absolute Gasteiger partial charge is 0.346 e. The first-order chi connectivity index (χ1) is 9.81. The Morgan fingerprint density at radius 3 is 2.38 bits per heavy atom. The monoisotopic (exact) mass is 304 g/mol. The van der Waals surface area contributed by atoms with Gasteiger partial charge in [-0.25, -0.2) is 0 Å². The molecular weight excluding hydrogens is 284 g/mol. The van der Waals surface area contributed by atoms with Crippen molar-refractivity contribution in [3.63, 3.8) is 0 Å². The number of aryl methyl sites for hydroxylation is 2. The molecule has 0 atom stereocenters. The number of benzene rings is 1. The zero-order valence-electron chi connectivity index (χ0n) is 13.1. The highest BCUT2D eigenvalue weighted by Crippen LogP contribution is 2.23. The Morgan fingerprint density at radius 1 is 1.19 bits per heavy atom. The molecule has 0 spiro atoms. The Bertz CT molecular complexity index is 686. The van der Waals surface area contributed by atoms with Crippen molar-refractivity contribution in [3.05, 3.63) is 51.8 Å². The normalized spacial score (nSPS) is 11.0. The van der Waals surface area contributed by atoms with E-state index in [1.54, 1.807) is 6.07 Å². The van der Waals surface area contributed by atoms with Gasteiger partial charge in [0.2, 0.25) is 0 Å². The van der Waals surface area contributed by atoms with E-state index >= 15 is 0 Å². The van der Waals surface area contributed by atoms with E-state index in [2.05, 4.69) is 23.7 Å². The SMILES string of the molecule is Cc1ccc(NC(=O)c2cc(C)n(C(C)C)c2C)cc1Cl. The van der Waals surface area contributed by atoms with Gasteiger partial charge in [0, 0.05) is 28.1 Å². The molecule has 1 heterocycles. The van der Waals surface area contributed by atoms with Crippen molar-refractivity contribution in [1.29, 1.82) is 0 Å². The highest BCUT2D eigenvalue weighted by Gasteiger charge is 2.17. The minimum Gasteiger partial charge on any atom is -0.346 e. The topological polar surface area (TPSA) is 34.0 Å². The standard InChI is InChI=1S/C17H21ClN2O/c1-10(2)20-12(4)8-15(13(20)5)17(21)19-14-7-6-11(3)16(18)9-14/h6-10H,1-5H3,(H,19,21). The Balaban J connectivity index is 2.28. The van der Waals surface area contributed by atoms with Crippen LogP contribution in [0.2, 0.25) is 5.02 Å². The average molecular weight is 305 g/mol. The van der Waals surface area contributed by atoms with Gasteiger partial charge in [-0.15, -0.1) is 0 Å². The molecule has 0 radical (unpaired) electrons. The van der Waals surface area contributed by atoms with Gasteiger partial charge >= 0.3 is 0 Å². The van der Waals surface area contributed by atoms with E-state index in [1.165, 1.54) is 0 Å². The summed E-state index contributed by atoms with van der Waals surface area (Å²) in [5, 5.41) is 3.56.